The van der Waals surface area contributed by atoms with Crippen LogP contribution in [0.5, 0.6) is 0 Å². The van der Waals surface area contributed by atoms with E-state index in [1.807, 2.05) is 44.2 Å². The predicted molar refractivity (Wildman–Crippen MR) is 107 cm³/mol. The molecule has 0 unspecified atom stereocenters. The van der Waals surface area contributed by atoms with Crippen LogP contribution in [-0.4, -0.2) is 25.7 Å². The molecular weight excluding hydrogens is 370 g/mol. The van der Waals surface area contributed by atoms with Gasteiger partial charge < -0.3 is 8.94 Å². The average molecular weight is 387 g/mol. The molecule has 4 aromatic heterocycles. The molecule has 29 heavy (non-hydrogen) atoms. The van der Waals surface area contributed by atoms with Crippen molar-refractivity contribution in [3.8, 4) is 11.3 Å². The fourth-order valence-corrected chi connectivity index (χ4v) is 3.51. The summed E-state index contributed by atoms with van der Waals surface area (Å²) in [7, 11) is 0. The van der Waals surface area contributed by atoms with Gasteiger partial charge >= 0.3 is 0 Å². The minimum atomic E-state index is -0.314. The number of rotatable bonds is 3. The van der Waals surface area contributed by atoms with E-state index in [1.165, 1.54) is 0 Å². The molecular formula is C21H17N5O3. The van der Waals surface area contributed by atoms with Gasteiger partial charge in [0.2, 0.25) is 0 Å². The highest BCUT2D eigenvalue weighted by Crippen LogP contribution is 2.30. The molecule has 0 atom stereocenters. The number of carbonyl (C=O) groups excluding carboxylic acids is 1. The fraction of sp³-hybridized carbons (Fsp3) is 0.143. The average Bonchev–Trinajstić information content (AvgIpc) is 3.39. The molecule has 144 valence electrons. The summed E-state index contributed by atoms with van der Waals surface area (Å²) in [4.78, 5) is 22.1. The van der Waals surface area contributed by atoms with Gasteiger partial charge in [0.1, 0.15) is 17.8 Å². The molecule has 0 spiro atoms. The highest BCUT2D eigenvalue weighted by molar-refractivity contribution is 6.10. The summed E-state index contributed by atoms with van der Waals surface area (Å²) in [6.45, 7) is 5.51. The number of aryl methyl sites for hydroxylation is 3. The summed E-state index contributed by atoms with van der Waals surface area (Å²) < 4.78 is 12.6. The van der Waals surface area contributed by atoms with E-state index in [9.17, 15) is 4.79 Å². The lowest BCUT2D eigenvalue weighted by molar-refractivity contribution is 0.101. The molecule has 5 aromatic rings. The van der Waals surface area contributed by atoms with Crippen molar-refractivity contribution < 1.29 is 13.7 Å². The second-order valence-electron chi connectivity index (χ2n) is 6.87. The molecule has 8 heteroatoms. The minimum Gasteiger partial charge on any atom is -0.466 e. The molecule has 0 aliphatic carbocycles. The zero-order chi connectivity index (χ0) is 20.1. The van der Waals surface area contributed by atoms with Crippen molar-refractivity contribution in [3.63, 3.8) is 0 Å². The summed E-state index contributed by atoms with van der Waals surface area (Å²) in [6.07, 6.45) is 1.58. The first-order valence-corrected chi connectivity index (χ1v) is 9.09. The molecule has 4 heterocycles. The zero-order valence-corrected chi connectivity index (χ0v) is 16.1. The van der Waals surface area contributed by atoms with Crippen LogP contribution in [0.4, 0.5) is 0 Å². The number of aromatic nitrogens is 4. The van der Waals surface area contributed by atoms with Gasteiger partial charge in [-0.25, -0.2) is 14.6 Å². The topological polar surface area (TPSA) is 99.0 Å². The highest BCUT2D eigenvalue weighted by Gasteiger charge is 2.21. The van der Waals surface area contributed by atoms with E-state index in [0.717, 1.165) is 28.1 Å². The SMILES string of the molecule is Cc1cc(-c2cc(C(=O)Nn3cnc4ccccc43)c3c(C)noc3n2)c(C)o1. The molecule has 1 N–H and O–H groups in total. The number of carbonyl (C=O) groups is 1. The predicted octanol–water partition coefficient (Wildman–Crippen LogP) is 4.14. The van der Waals surface area contributed by atoms with Gasteiger partial charge in [0.05, 0.1) is 33.4 Å². The van der Waals surface area contributed by atoms with Gasteiger partial charge in [-0.2, -0.15) is 0 Å². The van der Waals surface area contributed by atoms with Crippen LogP contribution in [0.3, 0.4) is 0 Å². The van der Waals surface area contributed by atoms with Crippen LogP contribution in [-0.2, 0) is 0 Å². The lowest BCUT2D eigenvalue weighted by Gasteiger charge is -2.09. The first-order valence-electron chi connectivity index (χ1n) is 9.09. The second kappa shape index (κ2) is 6.30. The van der Waals surface area contributed by atoms with Crippen LogP contribution in [0, 0.1) is 20.8 Å². The molecule has 0 radical (unpaired) electrons. The number of nitrogens with one attached hydrogen (secondary N) is 1. The maximum Gasteiger partial charge on any atom is 0.271 e. The monoisotopic (exact) mass is 387 g/mol. The third-order valence-corrected chi connectivity index (χ3v) is 4.85. The Bertz CT molecular complexity index is 1390. The van der Waals surface area contributed by atoms with Crippen LogP contribution in [0.25, 0.3) is 33.4 Å². The maximum atomic E-state index is 13.2. The zero-order valence-electron chi connectivity index (χ0n) is 16.1. The number of benzene rings is 1. The molecule has 0 aliphatic rings. The van der Waals surface area contributed by atoms with Crippen molar-refractivity contribution in [2.75, 3.05) is 5.43 Å². The number of imidazole rings is 1. The van der Waals surface area contributed by atoms with Crippen molar-refractivity contribution in [2.45, 2.75) is 20.8 Å². The summed E-state index contributed by atoms with van der Waals surface area (Å²) in [5, 5.41) is 4.57. The Kier molecular flexibility index (Phi) is 3.73. The van der Waals surface area contributed by atoms with Crippen molar-refractivity contribution in [1.29, 1.82) is 0 Å². The van der Waals surface area contributed by atoms with Gasteiger partial charge in [0, 0.05) is 5.56 Å². The molecule has 0 aliphatic heterocycles. The number of fused-ring (bicyclic) bond motifs is 2. The van der Waals surface area contributed by atoms with Gasteiger partial charge in [-0.05, 0) is 45.0 Å². The lowest BCUT2D eigenvalue weighted by Crippen LogP contribution is -2.22. The molecule has 0 saturated heterocycles. The molecule has 8 nitrogen and oxygen atoms in total. The molecule has 1 amide bonds. The number of furan rings is 1. The number of hydrogen-bond donors (Lipinski definition) is 1. The number of pyridine rings is 1. The summed E-state index contributed by atoms with van der Waals surface area (Å²) >= 11 is 0. The minimum absolute atomic E-state index is 0.305. The molecule has 1 aromatic carbocycles. The van der Waals surface area contributed by atoms with Crippen LogP contribution in [0.1, 0.15) is 27.6 Å². The Morgan fingerprint density at radius 1 is 1.14 bits per heavy atom. The third-order valence-electron chi connectivity index (χ3n) is 4.85. The van der Waals surface area contributed by atoms with Crippen LogP contribution in [0.2, 0.25) is 0 Å². The number of hydrogen-bond acceptors (Lipinski definition) is 6. The molecule has 0 fully saturated rings. The Morgan fingerprint density at radius 3 is 2.76 bits per heavy atom. The first kappa shape index (κ1) is 17.2. The lowest BCUT2D eigenvalue weighted by atomic mass is 10.1. The Morgan fingerprint density at radius 2 is 1.97 bits per heavy atom. The van der Waals surface area contributed by atoms with Crippen LogP contribution < -0.4 is 5.43 Å². The van der Waals surface area contributed by atoms with Crippen molar-refractivity contribution >= 4 is 28.0 Å². The fourth-order valence-electron chi connectivity index (χ4n) is 3.51. The van der Waals surface area contributed by atoms with E-state index in [1.54, 1.807) is 24.0 Å². The second-order valence-corrected chi connectivity index (χ2v) is 6.87. The standard InChI is InChI=1S/C21H17N5O3/c1-11-8-14(13(3)28-11)17-9-15(19-12(2)25-29-21(19)23-17)20(27)24-26-10-22-16-6-4-5-7-18(16)26/h4-10H,1-3H3,(H,24,27). The van der Waals surface area contributed by atoms with E-state index >= 15 is 0 Å². The summed E-state index contributed by atoms with van der Waals surface area (Å²) in [5.41, 5.74) is 7.19. The normalized spacial score (nSPS) is 11.4. The molecule has 0 saturated carbocycles. The van der Waals surface area contributed by atoms with Gasteiger partial charge in [-0.3, -0.25) is 10.2 Å². The summed E-state index contributed by atoms with van der Waals surface area (Å²) in [6, 6.07) is 11.2. The van der Waals surface area contributed by atoms with Gasteiger partial charge in [-0.1, -0.05) is 17.3 Å². The van der Waals surface area contributed by atoms with Crippen molar-refractivity contribution in [1.82, 2.24) is 19.8 Å². The Balaban J connectivity index is 1.64. The highest BCUT2D eigenvalue weighted by atomic mass is 16.5. The summed E-state index contributed by atoms with van der Waals surface area (Å²) in [5.74, 6) is 1.17. The van der Waals surface area contributed by atoms with Crippen molar-refractivity contribution in [3.05, 3.63) is 65.5 Å². The Labute approximate surface area is 165 Å². The number of para-hydroxylation sites is 2. The largest absolute Gasteiger partial charge is 0.466 e. The molecule has 0 bridgehead atoms. The number of nitrogens with zero attached hydrogens (tertiary/aromatic N) is 4. The number of amides is 1. The molecule has 5 rings (SSSR count). The van der Waals surface area contributed by atoms with E-state index < -0.39 is 0 Å². The van der Waals surface area contributed by atoms with E-state index in [2.05, 4.69) is 20.6 Å². The maximum absolute atomic E-state index is 13.2. The van der Waals surface area contributed by atoms with E-state index in [-0.39, 0.29) is 5.91 Å². The van der Waals surface area contributed by atoms with Crippen LogP contribution in [0.15, 0.2) is 51.7 Å². The van der Waals surface area contributed by atoms with Gasteiger partial charge in [-0.15, -0.1) is 0 Å². The van der Waals surface area contributed by atoms with Crippen LogP contribution >= 0.6 is 0 Å². The Hall–Kier alpha value is -3.94. The smallest absolute Gasteiger partial charge is 0.271 e. The third kappa shape index (κ3) is 2.77. The van der Waals surface area contributed by atoms with Gasteiger partial charge in [0.15, 0.2) is 0 Å². The van der Waals surface area contributed by atoms with E-state index in [0.29, 0.717) is 28.1 Å². The van der Waals surface area contributed by atoms with Gasteiger partial charge in [0.25, 0.3) is 11.6 Å². The first-order chi connectivity index (χ1) is 14.0. The van der Waals surface area contributed by atoms with Crippen molar-refractivity contribution in [2.24, 2.45) is 0 Å². The van der Waals surface area contributed by atoms with E-state index in [4.69, 9.17) is 8.94 Å². The quantitative estimate of drug-likeness (QED) is 0.499.